The third-order valence-corrected chi connectivity index (χ3v) is 2.81. The molecule has 0 aliphatic heterocycles. The Kier molecular flexibility index (Phi) is 6.31. The summed E-state index contributed by atoms with van der Waals surface area (Å²) < 4.78 is 10.1. The summed E-state index contributed by atoms with van der Waals surface area (Å²) in [4.78, 5) is 23.3. The first kappa shape index (κ1) is 16.3. The molecule has 0 heterocycles. The Morgan fingerprint density at radius 3 is 2.30 bits per heavy atom. The minimum atomic E-state index is -0.872. The molecule has 0 radical (unpaired) electrons. The Labute approximate surface area is 123 Å². The van der Waals surface area contributed by atoms with Gasteiger partial charge in [-0.1, -0.05) is 13.8 Å². The number of nitrogens with one attached hydrogen (secondary N) is 1. The number of esters is 1. The van der Waals surface area contributed by atoms with E-state index >= 15 is 0 Å². The molecule has 110 valence electrons. The van der Waals surface area contributed by atoms with Crippen molar-refractivity contribution in [3.8, 4) is 5.75 Å². The number of carbonyl (C=O) groups is 2. The number of halogens is 1. The van der Waals surface area contributed by atoms with Crippen molar-refractivity contribution in [1.29, 1.82) is 0 Å². The number of carbonyl (C=O) groups excluding carboxylic acids is 2. The highest BCUT2D eigenvalue weighted by Gasteiger charge is 2.26. The van der Waals surface area contributed by atoms with Gasteiger partial charge in [-0.3, -0.25) is 9.59 Å². The molecule has 6 heteroatoms. The number of hydrogen-bond acceptors (Lipinski definition) is 4. The number of benzene rings is 1. The van der Waals surface area contributed by atoms with E-state index in [2.05, 4.69) is 5.32 Å². The quantitative estimate of drug-likeness (QED) is 0.647. The van der Waals surface area contributed by atoms with Crippen molar-refractivity contribution in [3.05, 3.63) is 24.3 Å². The zero-order chi connectivity index (χ0) is 15.1. The molecular weight excluding hydrogens is 282 g/mol. The smallest absolute Gasteiger partial charge is 0.321 e. The number of amides is 1. The minimum absolute atomic E-state index is 0.152. The predicted octanol–water partition coefficient (Wildman–Crippen LogP) is 2.44. The van der Waals surface area contributed by atoms with Crippen LogP contribution < -0.4 is 10.1 Å². The number of anilines is 1. The second-order valence-corrected chi connectivity index (χ2v) is 4.77. The molecule has 0 saturated carbocycles. The molecular formula is C14H18ClNO4. The number of methoxy groups -OCH3 is 1. The van der Waals surface area contributed by atoms with Gasteiger partial charge in [0.15, 0.2) is 6.10 Å². The van der Waals surface area contributed by atoms with Gasteiger partial charge in [0.25, 0.3) is 5.91 Å². The Hall–Kier alpha value is -1.75. The van der Waals surface area contributed by atoms with Crippen LogP contribution in [0.1, 0.15) is 13.8 Å². The summed E-state index contributed by atoms with van der Waals surface area (Å²) >= 11 is 5.38. The molecule has 0 aliphatic rings. The van der Waals surface area contributed by atoms with Crippen LogP contribution >= 0.6 is 11.6 Å². The zero-order valence-electron chi connectivity index (χ0n) is 11.7. The highest BCUT2D eigenvalue weighted by atomic mass is 35.5. The molecule has 0 spiro atoms. The van der Waals surface area contributed by atoms with E-state index in [0.717, 1.165) is 0 Å². The van der Waals surface area contributed by atoms with Gasteiger partial charge in [-0.05, 0) is 30.2 Å². The number of hydrogen-bond donors (Lipinski definition) is 1. The van der Waals surface area contributed by atoms with E-state index < -0.39 is 12.1 Å². The highest BCUT2D eigenvalue weighted by Crippen LogP contribution is 2.17. The van der Waals surface area contributed by atoms with Gasteiger partial charge in [0.1, 0.15) is 11.6 Å². The SMILES string of the molecule is COc1ccc(NC(=O)[C@@H](OC(=O)CCl)C(C)C)cc1. The topological polar surface area (TPSA) is 64.6 Å². The van der Waals surface area contributed by atoms with E-state index in [1.807, 2.05) is 0 Å². The van der Waals surface area contributed by atoms with Gasteiger partial charge < -0.3 is 14.8 Å². The molecule has 0 aliphatic carbocycles. The van der Waals surface area contributed by atoms with Crippen molar-refractivity contribution in [2.45, 2.75) is 20.0 Å². The lowest BCUT2D eigenvalue weighted by molar-refractivity contribution is -0.154. The molecule has 1 aromatic rings. The number of ether oxygens (including phenoxy) is 2. The summed E-state index contributed by atoms with van der Waals surface area (Å²) in [6.07, 6.45) is -0.872. The van der Waals surface area contributed by atoms with Crippen molar-refractivity contribution >= 4 is 29.2 Å². The second kappa shape index (κ2) is 7.75. The monoisotopic (exact) mass is 299 g/mol. The third kappa shape index (κ3) is 4.74. The molecule has 0 aromatic heterocycles. The van der Waals surface area contributed by atoms with Crippen molar-refractivity contribution in [2.75, 3.05) is 18.3 Å². The summed E-state index contributed by atoms with van der Waals surface area (Å²) in [5, 5.41) is 2.69. The largest absolute Gasteiger partial charge is 0.497 e. The highest BCUT2D eigenvalue weighted by molar-refractivity contribution is 6.26. The fourth-order valence-corrected chi connectivity index (χ4v) is 1.62. The van der Waals surface area contributed by atoms with Crippen molar-refractivity contribution in [3.63, 3.8) is 0 Å². The Morgan fingerprint density at radius 1 is 1.25 bits per heavy atom. The van der Waals surface area contributed by atoms with Gasteiger partial charge in [0.05, 0.1) is 7.11 Å². The first-order valence-electron chi connectivity index (χ1n) is 6.18. The molecule has 5 nitrogen and oxygen atoms in total. The molecule has 1 atom stereocenters. The van der Waals surface area contributed by atoms with Crippen LogP contribution in [0.15, 0.2) is 24.3 Å². The Balaban J connectivity index is 2.72. The lowest BCUT2D eigenvalue weighted by Crippen LogP contribution is -2.36. The van der Waals surface area contributed by atoms with Crippen LogP contribution in [0.3, 0.4) is 0 Å². The summed E-state index contributed by atoms with van der Waals surface area (Å²) in [6.45, 7) is 3.58. The predicted molar refractivity (Wildman–Crippen MR) is 77.1 cm³/mol. The summed E-state index contributed by atoms with van der Waals surface area (Å²) in [6, 6.07) is 6.87. The average Bonchev–Trinajstić information content (AvgIpc) is 2.44. The lowest BCUT2D eigenvalue weighted by atomic mass is 10.1. The average molecular weight is 300 g/mol. The molecule has 0 bridgehead atoms. The van der Waals surface area contributed by atoms with Crippen LogP contribution in [-0.4, -0.2) is 31.0 Å². The molecule has 0 saturated heterocycles. The standard InChI is InChI=1S/C14H18ClNO4/c1-9(2)13(20-12(17)8-15)14(18)16-10-4-6-11(19-3)7-5-10/h4-7,9,13H,8H2,1-3H3,(H,16,18)/t13-/m0/s1. The van der Waals surface area contributed by atoms with Gasteiger partial charge in [0.2, 0.25) is 0 Å². The van der Waals surface area contributed by atoms with Crippen LogP contribution in [0, 0.1) is 5.92 Å². The van der Waals surface area contributed by atoms with Gasteiger partial charge in [-0.15, -0.1) is 11.6 Å². The number of rotatable bonds is 6. The van der Waals surface area contributed by atoms with E-state index in [4.69, 9.17) is 21.1 Å². The van der Waals surface area contributed by atoms with Crippen LogP contribution in [-0.2, 0) is 14.3 Å². The normalized spacial score (nSPS) is 11.8. The summed E-state index contributed by atoms with van der Waals surface area (Å²) in [7, 11) is 1.56. The third-order valence-electron chi connectivity index (χ3n) is 2.59. The van der Waals surface area contributed by atoms with Gasteiger partial charge in [-0.2, -0.15) is 0 Å². The molecule has 1 N–H and O–H groups in total. The van der Waals surface area contributed by atoms with Crippen LogP contribution in [0.25, 0.3) is 0 Å². The zero-order valence-corrected chi connectivity index (χ0v) is 12.4. The van der Waals surface area contributed by atoms with Crippen LogP contribution in [0.5, 0.6) is 5.75 Å². The fourth-order valence-electron chi connectivity index (χ4n) is 1.55. The maximum atomic E-state index is 12.1. The van der Waals surface area contributed by atoms with Gasteiger partial charge >= 0.3 is 5.97 Å². The maximum Gasteiger partial charge on any atom is 0.321 e. The van der Waals surface area contributed by atoms with E-state index in [9.17, 15) is 9.59 Å². The first-order valence-corrected chi connectivity index (χ1v) is 6.71. The Bertz CT molecular complexity index is 459. The second-order valence-electron chi connectivity index (χ2n) is 4.51. The summed E-state index contributed by atoms with van der Waals surface area (Å²) in [5.74, 6) is -0.741. The lowest BCUT2D eigenvalue weighted by Gasteiger charge is -2.20. The van der Waals surface area contributed by atoms with Crippen LogP contribution in [0.4, 0.5) is 5.69 Å². The molecule has 0 unspecified atom stereocenters. The molecule has 0 fully saturated rings. The minimum Gasteiger partial charge on any atom is -0.497 e. The van der Waals surface area contributed by atoms with Crippen molar-refractivity contribution < 1.29 is 19.1 Å². The van der Waals surface area contributed by atoms with E-state index in [-0.39, 0.29) is 17.7 Å². The molecule has 1 aromatic carbocycles. The fraction of sp³-hybridized carbons (Fsp3) is 0.429. The molecule has 1 rings (SSSR count). The van der Waals surface area contributed by atoms with Crippen molar-refractivity contribution in [1.82, 2.24) is 0 Å². The molecule has 20 heavy (non-hydrogen) atoms. The first-order chi connectivity index (χ1) is 9.47. The van der Waals surface area contributed by atoms with E-state index in [1.165, 1.54) is 0 Å². The van der Waals surface area contributed by atoms with E-state index in [0.29, 0.717) is 11.4 Å². The summed E-state index contributed by atoms with van der Waals surface area (Å²) in [5.41, 5.74) is 0.600. The Morgan fingerprint density at radius 2 is 1.85 bits per heavy atom. The van der Waals surface area contributed by atoms with Gasteiger partial charge in [-0.25, -0.2) is 0 Å². The van der Waals surface area contributed by atoms with Crippen LogP contribution in [0.2, 0.25) is 0 Å². The van der Waals surface area contributed by atoms with Crippen molar-refractivity contribution in [2.24, 2.45) is 5.92 Å². The number of alkyl halides is 1. The van der Waals surface area contributed by atoms with Gasteiger partial charge in [0, 0.05) is 5.69 Å². The molecule has 1 amide bonds. The maximum absolute atomic E-state index is 12.1. The van der Waals surface area contributed by atoms with E-state index in [1.54, 1.807) is 45.2 Å².